The van der Waals surface area contributed by atoms with Crippen molar-refractivity contribution in [1.82, 2.24) is 9.62 Å². The van der Waals surface area contributed by atoms with Crippen LogP contribution in [-0.4, -0.2) is 24.4 Å². The van der Waals surface area contributed by atoms with E-state index in [1.54, 1.807) is 30.5 Å². The van der Waals surface area contributed by atoms with E-state index >= 15 is 0 Å². The summed E-state index contributed by atoms with van der Waals surface area (Å²) in [5, 5.41) is 6.52. The van der Waals surface area contributed by atoms with Crippen LogP contribution in [0.1, 0.15) is 16.9 Å². The fourth-order valence-electron chi connectivity index (χ4n) is 3.29. The van der Waals surface area contributed by atoms with Gasteiger partial charge in [0.15, 0.2) is 5.11 Å². The largest absolute Gasteiger partial charge is 0.467 e. The Hall–Kier alpha value is -2.68. The predicted molar refractivity (Wildman–Crippen MR) is 116 cm³/mol. The van der Waals surface area contributed by atoms with Crippen LogP contribution in [0.4, 0.5) is 5.69 Å². The minimum Gasteiger partial charge on any atom is -0.467 e. The van der Waals surface area contributed by atoms with Crippen LogP contribution in [0.3, 0.4) is 0 Å². The van der Waals surface area contributed by atoms with Gasteiger partial charge in [-0.25, -0.2) is 8.42 Å². The smallest absolute Gasteiger partial charge is 0.243 e. The molecule has 1 aliphatic heterocycles. The Labute approximate surface area is 175 Å². The van der Waals surface area contributed by atoms with E-state index in [2.05, 4.69) is 16.7 Å². The maximum absolute atomic E-state index is 13.0. The van der Waals surface area contributed by atoms with E-state index in [0.717, 1.165) is 17.7 Å². The molecule has 0 saturated heterocycles. The van der Waals surface area contributed by atoms with Crippen molar-refractivity contribution in [3.05, 3.63) is 83.8 Å². The molecule has 2 N–H and O–H groups in total. The van der Waals surface area contributed by atoms with Gasteiger partial charge in [0, 0.05) is 18.8 Å². The van der Waals surface area contributed by atoms with E-state index in [-0.39, 0.29) is 4.90 Å². The molecular weight excluding hydrogens is 406 g/mol. The lowest BCUT2D eigenvalue weighted by Gasteiger charge is -2.28. The summed E-state index contributed by atoms with van der Waals surface area (Å²) in [7, 11) is -3.55. The standard InChI is InChI=1S/C21H21N3O3S2/c25-29(26,24-12-11-16-4-1-2-5-17(16)15-24)20-9-7-18(8-10-20)23-21(28)22-14-19-6-3-13-27-19/h1-10,13H,11-12,14-15H2,(H2,22,23,28). The molecule has 2 heterocycles. The van der Waals surface area contributed by atoms with Gasteiger partial charge in [0.05, 0.1) is 17.7 Å². The highest BCUT2D eigenvalue weighted by atomic mass is 32.2. The first-order valence-corrected chi connectivity index (χ1v) is 11.1. The number of nitrogens with one attached hydrogen (secondary N) is 2. The fraction of sp³-hybridized carbons (Fsp3) is 0.190. The van der Waals surface area contributed by atoms with Gasteiger partial charge in [-0.1, -0.05) is 24.3 Å². The van der Waals surface area contributed by atoms with Crippen LogP contribution < -0.4 is 10.6 Å². The van der Waals surface area contributed by atoms with Gasteiger partial charge >= 0.3 is 0 Å². The van der Waals surface area contributed by atoms with Gasteiger partial charge in [-0.3, -0.25) is 0 Å². The van der Waals surface area contributed by atoms with Crippen molar-refractivity contribution in [2.75, 3.05) is 11.9 Å². The number of rotatable bonds is 5. The van der Waals surface area contributed by atoms with Crippen LogP contribution in [-0.2, 0) is 29.5 Å². The molecule has 0 aliphatic carbocycles. The molecule has 0 fully saturated rings. The minimum absolute atomic E-state index is 0.275. The average molecular weight is 428 g/mol. The monoisotopic (exact) mass is 427 g/mol. The number of hydrogen-bond acceptors (Lipinski definition) is 4. The van der Waals surface area contributed by atoms with Gasteiger partial charge < -0.3 is 15.1 Å². The molecule has 0 unspecified atom stereocenters. The Kier molecular flexibility index (Phi) is 5.66. The van der Waals surface area contributed by atoms with Crippen molar-refractivity contribution in [2.24, 2.45) is 0 Å². The summed E-state index contributed by atoms with van der Waals surface area (Å²) >= 11 is 5.26. The van der Waals surface area contributed by atoms with Crippen molar-refractivity contribution in [2.45, 2.75) is 24.4 Å². The molecule has 0 bridgehead atoms. The van der Waals surface area contributed by atoms with Crippen molar-refractivity contribution in [3.63, 3.8) is 0 Å². The topological polar surface area (TPSA) is 74.6 Å². The molecule has 0 atom stereocenters. The van der Waals surface area contributed by atoms with E-state index in [4.69, 9.17) is 16.6 Å². The lowest BCUT2D eigenvalue weighted by atomic mass is 10.0. The van der Waals surface area contributed by atoms with Crippen LogP contribution in [0.2, 0.25) is 0 Å². The Morgan fingerprint density at radius 3 is 2.52 bits per heavy atom. The number of thiocarbonyl (C=S) groups is 1. The van der Waals surface area contributed by atoms with Crippen LogP contribution in [0, 0.1) is 0 Å². The highest BCUT2D eigenvalue weighted by Gasteiger charge is 2.28. The van der Waals surface area contributed by atoms with Crippen molar-refractivity contribution >= 4 is 33.0 Å². The summed E-state index contributed by atoms with van der Waals surface area (Å²) < 4.78 is 32.8. The molecule has 0 radical (unpaired) electrons. The quantitative estimate of drug-likeness (QED) is 0.607. The molecule has 2 aromatic carbocycles. The Morgan fingerprint density at radius 2 is 1.79 bits per heavy atom. The summed E-state index contributed by atoms with van der Waals surface area (Å²) in [6.07, 6.45) is 2.33. The molecule has 4 rings (SSSR count). The second kappa shape index (κ2) is 8.36. The molecule has 0 saturated carbocycles. The van der Waals surface area contributed by atoms with Gasteiger partial charge in [0.25, 0.3) is 0 Å². The average Bonchev–Trinajstić information content (AvgIpc) is 3.26. The summed E-state index contributed by atoms with van der Waals surface area (Å²) in [6, 6.07) is 18.3. The van der Waals surface area contributed by atoms with Gasteiger partial charge in [-0.2, -0.15) is 4.31 Å². The first kappa shape index (κ1) is 19.6. The zero-order valence-corrected chi connectivity index (χ0v) is 17.3. The third-order valence-electron chi connectivity index (χ3n) is 4.85. The van der Waals surface area contributed by atoms with Crippen molar-refractivity contribution < 1.29 is 12.8 Å². The van der Waals surface area contributed by atoms with E-state index < -0.39 is 10.0 Å². The first-order chi connectivity index (χ1) is 14.0. The molecular formula is C21H21N3O3S2. The molecule has 6 nitrogen and oxygen atoms in total. The van der Waals surface area contributed by atoms with Gasteiger partial charge in [0.1, 0.15) is 5.76 Å². The van der Waals surface area contributed by atoms with E-state index in [1.165, 1.54) is 9.87 Å². The third kappa shape index (κ3) is 4.50. The van der Waals surface area contributed by atoms with Crippen LogP contribution in [0.15, 0.2) is 76.2 Å². The summed E-state index contributed by atoms with van der Waals surface area (Å²) in [6.45, 7) is 1.36. The number of anilines is 1. The first-order valence-electron chi connectivity index (χ1n) is 9.26. The maximum atomic E-state index is 13.0. The Morgan fingerprint density at radius 1 is 1.03 bits per heavy atom. The second-order valence-corrected chi connectivity index (χ2v) is 9.11. The number of hydrogen-bond donors (Lipinski definition) is 2. The number of sulfonamides is 1. The van der Waals surface area contributed by atoms with E-state index in [1.807, 2.05) is 30.3 Å². The molecule has 8 heteroatoms. The summed E-state index contributed by atoms with van der Waals surface area (Å²) in [4.78, 5) is 0.275. The third-order valence-corrected chi connectivity index (χ3v) is 6.95. The lowest BCUT2D eigenvalue weighted by molar-refractivity contribution is 0.391. The van der Waals surface area contributed by atoms with Gasteiger partial charge in [-0.05, 0) is 66.2 Å². The molecule has 1 aromatic heterocycles. The maximum Gasteiger partial charge on any atom is 0.243 e. The van der Waals surface area contributed by atoms with E-state index in [9.17, 15) is 8.42 Å². The lowest BCUT2D eigenvalue weighted by Crippen LogP contribution is -2.35. The predicted octanol–water partition coefficient (Wildman–Crippen LogP) is 3.51. The number of benzene rings is 2. The Balaban J connectivity index is 1.40. The van der Waals surface area contributed by atoms with Gasteiger partial charge in [0.2, 0.25) is 10.0 Å². The Bertz CT molecular complexity index is 1090. The summed E-state index contributed by atoms with van der Waals surface area (Å²) in [5.74, 6) is 0.777. The molecule has 29 heavy (non-hydrogen) atoms. The van der Waals surface area contributed by atoms with Crippen LogP contribution >= 0.6 is 12.2 Å². The number of furan rings is 1. The molecule has 3 aromatic rings. The van der Waals surface area contributed by atoms with E-state index in [0.29, 0.717) is 30.4 Å². The van der Waals surface area contributed by atoms with Gasteiger partial charge in [-0.15, -0.1) is 0 Å². The highest BCUT2D eigenvalue weighted by molar-refractivity contribution is 7.89. The summed E-state index contributed by atoms with van der Waals surface area (Å²) in [5.41, 5.74) is 2.99. The SMILES string of the molecule is O=S(=O)(c1ccc(NC(=S)NCc2ccco2)cc1)N1CCc2ccccc2C1. The number of fused-ring (bicyclic) bond motifs is 1. The minimum atomic E-state index is -3.55. The molecule has 0 amide bonds. The highest BCUT2D eigenvalue weighted by Crippen LogP contribution is 2.25. The number of nitrogens with zero attached hydrogens (tertiary/aromatic N) is 1. The fourth-order valence-corrected chi connectivity index (χ4v) is 4.90. The van der Waals surface area contributed by atoms with Crippen LogP contribution in [0.25, 0.3) is 0 Å². The zero-order chi connectivity index (χ0) is 20.3. The molecule has 0 spiro atoms. The second-order valence-electron chi connectivity index (χ2n) is 6.77. The van der Waals surface area contributed by atoms with Crippen molar-refractivity contribution in [3.8, 4) is 0 Å². The van der Waals surface area contributed by atoms with Crippen molar-refractivity contribution in [1.29, 1.82) is 0 Å². The normalized spacial score (nSPS) is 14.2. The zero-order valence-electron chi connectivity index (χ0n) is 15.7. The van der Waals surface area contributed by atoms with Crippen LogP contribution in [0.5, 0.6) is 0 Å². The molecule has 150 valence electrons. The molecule has 1 aliphatic rings.